The number of benzene rings is 1. The number of phenols is 1. The number of allylic oxidation sites excluding steroid dienone is 2. The summed E-state index contributed by atoms with van der Waals surface area (Å²) in [5.74, 6) is 1.70. The number of oxime groups is 1. The first-order valence-electron chi connectivity index (χ1n) is 15.1. The van der Waals surface area contributed by atoms with Crippen LogP contribution in [0.4, 0.5) is 0 Å². The Bertz CT molecular complexity index is 1240. The number of carbonyl (C=O) groups excluding carboxylic acids is 3. The van der Waals surface area contributed by atoms with Crippen LogP contribution in [0.2, 0.25) is 0 Å². The van der Waals surface area contributed by atoms with Crippen molar-refractivity contribution in [3.05, 3.63) is 41.5 Å². The summed E-state index contributed by atoms with van der Waals surface area (Å²) in [5.41, 5.74) is 3.39. The lowest BCUT2D eigenvalue weighted by Crippen LogP contribution is -2.51. The number of Topliss-reactive ketones (excluding diaryl/α,β-unsaturated/α-hetero) is 1. The quantitative estimate of drug-likeness (QED) is 0.334. The average molecular weight is 565 g/mol. The van der Waals surface area contributed by atoms with Crippen molar-refractivity contribution < 1.29 is 29.1 Å². The molecular formula is C33H44N2O6. The fourth-order valence-electron chi connectivity index (χ4n) is 8.92. The Kier molecular flexibility index (Phi) is 8.31. The number of esters is 1. The Balaban J connectivity index is 1.19. The van der Waals surface area contributed by atoms with Crippen molar-refractivity contribution in [2.45, 2.75) is 84.6 Å². The van der Waals surface area contributed by atoms with E-state index in [1.165, 1.54) is 44.1 Å². The van der Waals surface area contributed by atoms with Crippen molar-refractivity contribution in [2.24, 2.45) is 39.7 Å². The summed E-state index contributed by atoms with van der Waals surface area (Å²) >= 11 is 0. The summed E-state index contributed by atoms with van der Waals surface area (Å²) in [6, 6.07) is 5.58. The second-order valence-electron chi connectivity index (χ2n) is 13.2. The Morgan fingerprint density at radius 2 is 1.80 bits per heavy atom. The molecule has 1 aromatic rings. The first kappa shape index (κ1) is 29.3. The molecule has 7 atom stereocenters. The number of aromatic hydroxyl groups is 1. The van der Waals surface area contributed by atoms with E-state index in [-0.39, 0.29) is 35.5 Å². The van der Waals surface area contributed by atoms with Gasteiger partial charge in [-0.1, -0.05) is 36.7 Å². The van der Waals surface area contributed by atoms with Gasteiger partial charge in [0.15, 0.2) is 6.61 Å². The van der Waals surface area contributed by atoms with Crippen molar-refractivity contribution >= 4 is 23.4 Å². The number of hydrogen-bond donors (Lipinski definition) is 2. The van der Waals surface area contributed by atoms with Crippen LogP contribution in [0, 0.1) is 34.5 Å². The van der Waals surface area contributed by atoms with Gasteiger partial charge in [0.25, 0.3) is 5.91 Å². The van der Waals surface area contributed by atoms with Gasteiger partial charge in [0.05, 0.1) is 12.8 Å². The second kappa shape index (κ2) is 11.6. The molecule has 5 rings (SSSR count). The maximum absolute atomic E-state index is 12.6. The Morgan fingerprint density at radius 1 is 1.05 bits per heavy atom. The van der Waals surface area contributed by atoms with E-state index in [4.69, 9.17) is 9.57 Å². The maximum Gasteiger partial charge on any atom is 0.328 e. The highest BCUT2D eigenvalue weighted by Crippen LogP contribution is 2.66. The molecule has 0 radical (unpaired) electrons. The number of fused-ring (bicyclic) bond motifs is 5. The van der Waals surface area contributed by atoms with E-state index in [1.54, 1.807) is 19.1 Å². The number of methoxy groups -OCH3 is 1. The highest BCUT2D eigenvalue weighted by molar-refractivity contribution is 5.96. The molecule has 3 fully saturated rings. The number of phenolic OH excluding ortho intramolecular Hbond substituents is 1. The van der Waals surface area contributed by atoms with Crippen molar-refractivity contribution in [1.82, 2.24) is 5.32 Å². The summed E-state index contributed by atoms with van der Waals surface area (Å²) < 4.78 is 4.86. The maximum atomic E-state index is 12.6. The normalized spacial score (nSPS) is 34.0. The molecule has 8 heteroatoms. The zero-order valence-electron chi connectivity index (χ0n) is 24.8. The smallest absolute Gasteiger partial charge is 0.328 e. The molecule has 8 nitrogen and oxygen atoms in total. The summed E-state index contributed by atoms with van der Waals surface area (Å²) in [6.07, 6.45) is 11.0. The van der Waals surface area contributed by atoms with Gasteiger partial charge in [0.2, 0.25) is 0 Å². The lowest BCUT2D eigenvalue weighted by Gasteiger charge is -2.58. The zero-order valence-corrected chi connectivity index (χ0v) is 24.8. The van der Waals surface area contributed by atoms with Crippen molar-refractivity contribution in [1.29, 1.82) is 0 Å². The number of ether oxygens (including phenoxy) is 1. The predicted octanol–water partition coefficient (Wildman–Crippen LogP) is 5.13. The molecule has 1 aromatic carbocycles. The largest absolute Gasteiger partial charge is 0.508 e. The summed E-state index contributed by atoms with van der Waals surface area (Å²) in [5, 5.41) is 16.5. The minimum atomic E-state index is -0.871. The molecule has 3 saturated carbocycles. The SMILES string of the molecule is COC(=O)[C@H](Cc1ccc(O)cc1)NC(=O)CO/N=C1/C=C2CC[C@H]3[C@@H](CC[C@]4(C)[C@H](C(C)=O)CC[C@@H]34)[C@@]2(C)CC1. The van der Waals surface area contributed by atoms with Gasteiger partial charge in [-0.3, -0.25) is 9.59 Å². The van der Waals surface area contributed by atoms with Crippen LogP contribution in [0.25, 0.3) is 0 Å². The number of ketones is 1. The molecule has 0 aliphatic heterocycles. The average Bonchev–Trinajstić information content (AvgIpc) is 3.31. The highest BCUT2D eigenvalue weighted by atomic mass is 16.6. The summed E-state index contributed by atoms with van der Waals surface area (Å²) in [4.78, 5) is 42.7. The lowest BCUT2D eigenvalue weighted by molar-refractivity contribution is -0.145. The van der Waals surface area contributed by atoms with Crippen molar-refractivity contribution in [3.63, 3.8) is 0 Å². The second-order valence-corrected chi connectivity index (χ2v) is 13.2. The first-order valence-corrected chi connectivity index (χ1v) is 15.1. The van der Waals surface area contributed by atoms with Crippen LogP contribution in [0.1, 0.15) is 77.7 Å². The molecular weight excluding hydrogens is 520 g/mol. The van der Waals surface area contributed by atoms with Crippen LogP contribution in [0.5, 0.6) is 5.75 Å². The number of amides is 1. The van der Waals surface area contributed by atoms with Crippen LogP contribution in [0.3, 0.4) is 0 Å². The number of hydrogen-bond acceptors (Lipinski definition) is 7. The fraction of sp³-hybridized carbons (Fsp3) is 0.636. The number of rotatable bonds is 8. The predicted molar refractivity (Wildman–Crippen MR) is 155 cm³/mol. The van der Waals surface area contributed by atoms with Crippen LogP contribution in [0.15, 0.2) is 41.1 Å². The topological polar surface area (TPSA) is 114 Å². The van der Waals surface area contributed by atoms with E-state index in [2.05, 4.69) is 30.4 Å². The Morgan fingerprint density at radius 3 is 2.51 bits per heavy atom. The molecule has 41 heavy (non-hydrogen) atoms. The third-order valence-corrected chi connectivity index (χ3v) is 11.0. The van der Waals surface area contributed by atoms with E-state index in [1.807, 2.05) is 0 Å². The number of carbonyl (C=O) groups is 3. The third kappa shape index (κ3) is 5.67. The van der Waals surface area contributed by atoms with E-state index in [9.17, 15) is 19.5 Å². The van der Waals surface area contributed by atoms with Gasteiger partial charge in [-0.25, -0.2) is 4.79 Å². The van der Waals surface area contributed by atoms with Crippen LogP contribution < -0.4 is 5.32 Å². The standard InChI is InChI=1S/C33H44N2O6/c1-20(36)26-11-12-27-25-10-7-22-18-23(13-15-32(22,2)28(25)14-16-33(26,27)3)35-41-19-30(38)34-29(31(39)40-4)17-21-5-8-24(37)9-6-21/h5-6,8-9,18,25-29,37H,7,10-17,19H2,1-4H3,(H,34,38)/b35-23+/t25-,26+,27+,28-,29+,32+,33-/m1/s1. The third-order valence-electron chi connectivity index (χ3n) is 11.0. The van der Waals surface area contributed by atoms with Gasteiger partial charge in [-0.05, 0) is 111 Å². The van der Waals surface area contributed by atoms with Crippen LogP contribution in [-0.4, -0.2) is 48.2 Å². The van der Waals surface area contributed by atoms with Crippen LogP contribution >= 0.6 is 0 Å². The van der Waals surface area contributed by atoms with E-state index >= 15 is 0 Å². The molecule has 2 N–H and O–H groups in total. The van der Waals surface area contributed by atoms with E-state index in [0.29, 0.717) is 23.5 Å². The highest BCUT2D eigenvalue weighted by Gasteiger charge is 2.59. The van der Waals surface area contributed by atoms with Gasteiger partial charge >= 0.3 is 5.97 Å². The van der Waals surface area contributed by atoms with Gasteiger partial charge < -0.3 is 20.0 Å². The lowest BCUT2D eigenvalue weighted by atomic mass is 9.46. The molecule has 222 valence electrons. The molecule has 0 heterocycles. The molecule has 0 spiro atoms. The zero-order chi connectivity index (χ0) is 29.4. The summed E-state index contributed by atoms with van der Waals surface area (Å²) in [6.45, 7) is 6.31. The Hall–Kier alpha value is -3.16. The van der Waals surface area contributed by atoms with Gasteiger partial charge in [0.1, 0.15) is 17.6 Å². The molecule has 0 bridgehead atoms. The molecule has 1 amide bonds. The molecule has 4 aliphatic rings. The minimum Gasteiger partial charge on any atom is -0.508 e. The number of nitrogens with zero attached hydrogens (tertiary/aromatic N) is 1. The van der Waals surface area contributed by atoms with Gasteiger partial charge in [-0.2, -0.15) is 0 Å². The van der Waals surface area contributed by atoms with Crippen LogP contribution in [-0.2, 0) is 30.4 Å². The van der Waals surface area contributed by atoms with E-state index < -0.39 is 17.9 Å². The number of nitrogens with one attached hydrogen (secondary N) is 1. The van der Waals surface area contributed by atoms with Gasteiger partial charge in [0, 0.05) is 12.3 Å². The molecule has 0 saturated heterocycles. The molecule has 0 unspecified atom stereocenters. The molecule has 0 aromatic heterocycles. The monoisotopic (exact) mass is 564 g/mol. The molecule has 4 aliphatic carbocycles. The van der Waals surface area contributed by atoms with Crippen molar-refractivity contribution in [3.8, 4) is 5.75 Å². The summed E-state index contributed by atoms with van der Waals surface area (Å²) in [7, 11) is 1.28. The first-order chi connectivity index (χ1) is 19.5. The van der Waals surface area contributed by atoms with E-state index in [0.717, 1.165) is 43.4 Å². The van der Waals surface area contributed by atoms with Gasteiger partial charge in [-0.15, -0.1) is 0 Å². The van der Waals surface area contributed by atoms with Crippen molar-refractivity contribution in [2.75, 3.05) is 13.7 Å². The fourth-order valence-corrected chi connectivity index (χ4v) is 8.92. The minimum absolute atomic E-state index is 0.129. The Labute approximate surface area is 242 Å².